The Balaban J connectivity index is 2.19. The van der Waals surface area contributed by atoms with E-state index in [1.54, 1.807) is 0 Å². The van der Waals surface area contributed by atoms with Crippen LogP contribution < -0.4 is 10.6 Å². The van der Waals surface area contributed by atoms with Crippen LogP contribution in [0.3, 0.4) is 0 Å². The topological polar surface area (TPSA) is 78.4 Å². The number of hydrogen-bond donors (Lipinski definition) is 3. The Morgan fingerprint density at radius 2 is 1.78 bits per heavy atom. The lowest BCUT2D eigenvalue weighted by Gasteiger charge is -2.34. The van der Waals surface area contributed by atoms with Crippen molar-refractivity contribution in [3.8, 4) is 0 Å². The Hall–Kier alpha value is -1.88. The Morgan fingerprint density at radius 1 is 1.15 bits per heavy atom. The molecule has 5 nitrogen and oxygen atoms in total. The summed E-state index contributed by atoms with van der Waals surface area (Å²) < 4.78 is 0. The Labute approximate surface area is 162 Å². The van der Waals surface area contributed by atoms with Crippen molar-refractivity contribution in [2.45, 2.75) is 77.4 Å². The van der Waals surface area contributed by atoms with Gasteiger partial charge in [-0.1, -0.05) is 51.1 Å². The molecule has 1 aromatic rings. The summed E-state index contributed by atoms with van der Waals surface area (Å²) in [6.07, 6.45) is 2.76. The lowest BCUT2D eigenvalue weighted by atomic mass is 9.74. The number of amides is 2. The van der Waals surface area contributed by atoms with Gasteiger partial charge in [-0.25, -0.2) is 0 Å². The van der Waals surface area contributed by atoms with Crippen LogP contribution in [-0.4, -0.2) is 35.6 Å². The van der Waals surface area contributed by atoms with E-state index in [2.05, 4.69) is 43.5 Å². The summed E-state index contributed by atoms with van der Waals surface area (Å²) in [6.45, 7) is 8.19. The second-order valence-electron chi connectivity index (χ2n) is 9.11. The molecule has 0 spiro atoms. The highest BCUT2D eigenvalue weighted by Crippen LogP contribution is 2.38. The normalized spacial score (nSPS) is 26.1. The average Bonchev–Trinajstić information content (AvgIpc) is 2.73. The van der Waals surface area contributed by atoms with Crippen LogP contribution in [0.5, 0.6) is 0 Å². The fraction of sp³-hybridized carbons (Fsp3) is 0.636. The zero-order valence-corrected chi connectivity index (χ0v) is 17.0. The van der Waals surface area contributed by atoms with Crippen LogP contribution >= 0.6 is 0 Å². The molecule has 2 amide bonds. The molecule has 3 atom stereocenters. The maximum absolute atomic E-state index is 12.4. The van der Waals surface area contributed by atoms with Gasteiger partial charge in [0.1, 0.15) is 0 Å². The van der Waals surface area contributed by atoms with E-state index in [-0.39, 0.29) is 28.7 Å². The summed E-state index contributed by atoms with van der Waals surface area (Å²) >= 11 is 0. The van der Waals surface area contributed by atoms with Crippen LogP contribution in [0.25, 0.3) is 0 Å². The van der Waals surface area contributed by atoms with Crippen LogP contribution in [0.1, 0.15) is 65.4 Å². The first-order valence-corrected chi connectivity index (χ1v) is 9.89. The van der Waals surface area contributed by atoms with Gasteiger partial charge in [-0.05, 0) is 36.7 Å². The number of rotatable bonds is 5. The number of nitrogens with one attached hydrogen (secondary N) is 2. The summed E-state index contributed by atoms with van der Waals surface area (Å²) in [7, 11) is 0. The zero-order chi connectivity index (χ0) is 20.1. The van der Waals surface area contributed by atoms with E-state index in [0.29, 0.717) is 25.8 Å². The van der Waals surface area contributed by atoms with E-state index >= 15 is 0 Å². The third kappa shape index (κ3) is 6.35. The molecule has 0 aromatic heterocycles. The van der Waals surface area contributed by atoms with Crippen LogP contribution in [0.15, 0.2) is 30.3 Å². The van der Waals surface area contributed by atoms with Gasteiger partial charge < -0.3 is 15.7 Å². The minimum atomic E-state index is -0.565. The van der Waals surface area contributed by atoms with Gasteiger partial charge in [-0.15, -0.1) is 0 Å². The van der Waals surface area contributed by atoms with Crippen molar-refractivity contribution < 1.29 is 14.7 Å². The zero-order valence-electron chi connectivity index (χ0n) is 17.0. The van der Waals surface area contributed by atoms with Crippen LogP contribution in [0, 0.1) is 5.41 Å². The largest absolute Gasteiger partial charge is 0.391 e. The van der Waals surface area contributed by atoms with Crippen LogP contribution in [0.2, 0.25) is 0 Å². The number of benzene rings is 1. The number of aliphatic hydroxyl groups is 1. The summed E-state index contributed by atoms with van der Waals surface area (Å²) in [5.41, 5.74) is 0.889. The van der Waals surface area contributed by atoms with Gasteiger partial charge in [-0.2, -0.15) is 0 Å². The molecule has 1 saturated carbocycles. The maximum Gasteiger partial charge on any atom is 0.220 e. The van der Waals surface area contributed by atoms with Crippen molar-refractivity contribution in [2.75, 3.05) is 6.54 Å². The molecule has 1 aliphatic rings. The van der Waals surface area contributed by atoms with E-state index in [0.717, 1.165) is 12.8 Å². The summed E-state index contributed by atoms with van der Waals surface area (Å²) in [6, 6.07) is 9.98. The summed E-state index contributed by atoms with van der Waals surface area (Å²) in [5, 5.41) is 16.5. The molecule has 27 heavy (non-hydrogen) atoms. The molecule has 0 radical (unpaired) electrons. The van der Waals surface area contributed by atoms with E-state index in [1.807, 2.05) is 18.2 Å². The molecule has 1 fully saturated rings. The first-order chi connectivity index (χ1) is 12.6. The lowest BCUT2D eigenvalue weighted by Crippen LogP contribution is -2.42. The van der Waals surface area contributed by atoms with Gasteiger partial charge in [0.15, 0.2) is 0 Å². The quantitative estimate of drug-likeness (QED) is 0.694. The van der Waals surface area contributed by atoms with Crippen LogP contribution in [0.4, 0.5) is 0 Å². The highest BCUT2D eigenvalue weighted by atomic mass is 16.3. The third-order valence-corrected chi connectivity index (χ3v) is 5.41. The van der Waals surface area contributed by atoms with Gasteiger partial charge in [0.25, 0.3) is 0 Å². The number of carbonyl (C=O) groups is 2. The number of carbonyl (C=O) groups excluding carboxylic acids is 2. The monoisotopic (exact) mass is 374 g/mol. The molecule has 0 unspecified atom stereocenters. The second kappa shape index (κ2) is 8.87. The molecule has 0 aliphatic heterocycles. The van der Waals surface area contributed by atoms with E-state index < -0.39 is 6.10 Å². The molecule has 0 bridgehead atoms. The van der Waals surface area contributed by atoms with Crippen molar-refractivity contribution in [1.82, 2.24) is 10.6 Å². The van der Waals surface area contributed by atoms with Gasteiger partial charge in [-0.3, -0.25) is 9.59 Å². The van der Waals surface area contributed by atoms with Crippen molar-refractivity contribution >= 4 is 11.8 Å². The number of aliphatic hydroxyl groups excluding tert-OH is 1. The maximum atomic E-state index is 12.4. The minimum absolute atomic E-state index is 0.0554. The van der Waals surface area contributed by atoms with Gasteiger partial charge in [0.05, 0.1) is 12.1 Å². The smallest absolute Gasteiger partial charge is 0.220 e. The van der Waals surface area contributed by atoms with E-state index in [9.17, 15) is 14.7 Å². The molecule has 1 aromatic carbocycles. The highest BCUT2D eigenvalue weighted by molar-refractivity contribution is 5.76. The minimum Gasteiger partial charge on any atom is -0.391 e. The van der Waals surface area contributed by atoms with Crippen molar-refractivity contribution in [3.05, 3.63) is 35.9 Å². The fourth-order valence-corrected chi connectivity index (χ4v) is 3.98. The molecular weight excluding hydrogens is 340 g/mol. The van der Waals surface area contributed by atoms with Crippen molar-refractivity contribution in [1.29, 1.82) is 0 Å². The van der Waals surface area contributed by atoms with Gasteiger partial charge in [0.2, 0.25) is 11.8 Å². The Bertz CT molecular complexity index is 639. The molecule has 0 heterocycles. The molecule has 1 aliphatic carbocycles. The van der Waals surface area contributed by atoms with Crippen molar-refractivity contribution in [2.24, 2.45) is 5.41 Å². The molecule has 150 valence electrons. The Morgan fingerprint density at radius 3 is 2.37 bits per heavy atom. The molecule has 2 rings (SSSR count). The first-order valence-electron chi connectivity index (χ1n) is 9.89. The SMILES string of the molecule is CC(=O)N[C@H]1CC[C@](CNC(=O)CC(C)(C)C)(c2ccccc2)CC[C@@H]1O. The average molecular weight is 375 g/mol. The summed E-state index contributed by atoms with van der Waals surface area (Å²) in [5.74, 6) is -0.0641. The van der Waals surface area contributed by atoms with E-state index in [1.165, 1.54) is 12.5 Å². The lowest BCUT2D eigenvalue weighted by molar-refractivity contribution is -0.123. The van der Waals surface area contributed by atoms with Crippen LogP contribution in [-0.2, 0) is 15.0 Å². The number of hydrogen-bond acceptors (Lipinski definition) is 3. The molecular formula is C22H34N2O3. The van der Waals surface area contributed by atoms with Gasteiger partial charge >= 0.3 is 0 Å². The predicted molar refractivity (Wildman–Crippen MR) is 107 cm³/mol. The third-order valence-electron chi connectivity index (χ3n) is 5.41. The fourth-order valence-electron chi connectivity index (χ4n) is 3.98. The molecule has 3 N–H and O–H groups in total. The van der Waals surface area contributed by atoms with Crippen molar-refractivity contribution in [3.63, 3.8) is 0 Å². The predicted octanol–water partition coefficient (Wildman–Crippen LogP) is 2.92. The molecule has 0 saturated heterocycles. The van der Waals surface area contributed by atoms with Gasteiger partial charge in [0, 0.05) is 25.3 Å². The standard InChI is InChI=1S/C22H34N2O3/c1-16(25)24-18-10-12-22(13-11-19(18)26,17-8-6-5-7-9-17)15-23-20(27)14-21(2,3)4/h5-9,18-19,26H,10-15H2,1-4H3,(H,23,27)(H,24,25)/t18-,19-,22-/m0/s1. The second-order valence-corrected chi connectivity index (χ2v) is 9.11. The van der Waals surface area contributed by atoms with E-state index in [4.69, 9.17) is 0 Å². The Kier molecular flexibility index (Phi) is 7.04. The summed E-state index contributed by atoms with van der Waals surface area (Å²) in [4.78, 5) is 23.9. The highest BCUT2D eigenvalue weighted by Gasteiger charge is 2.38. The first kappa shape index (κ1) is 21.4. The molecule has 5 heteroatoms.